The lowest BCUT2D eigenvalue weighted by Crippen LogP contribution is -2.17. The van der Waals surface area contributed by atoms with Crippen LogP contribution in [-0.2, 0) is 5.41 Å². The van der Waals surface area contributed by atoms with Gasteiger partial charge in [-0.3, -0.25) is 0 Å². The highest BCUT2D eigenvalue weighted by molar-refractivity contribution is 5.75. The Balaban J connectivity index is 2.15. The Labute approximate surface area is 109 Å². The molecule has 0 bridgehead atoms. The second-order valence-electron chi connectivity index (χ2n) is 5.65. The Bertz CT molecular complexity index is 499. The molecule has 0 spiro atoms. The predicted molar refractivity (Wildman–Crippen MR) is 75.7 cm³/mol. The molecule has 0 unspecified atom stereocenters. The first-order valence-corrected chi connectivity index (χ1v) is 6.93. The maximum Gasteiger partial charge on any atom is 0.157 e. The molecule has 0 radical (unpaired) electrons. The summed E-state index contributed by atoms with van der Waals surface area (Å²) in [5.74, 6) is 0. The van der Waals surface area contributed by atoms with Gasteiger partial charge in [-0.1, -0.05) is 46.5 Å². The minimum Gasteiger partial charge on any atom is -0.329 e. The smallest absolute Gasteiger partial charge is 0.157 e. The van der Waals surface area contributed by atoms with Gasteiger partial charge in [0.2, 0.25) is 0 Å². The third-order valence-electron chi connectivity index (χ3n) is 3.70. The molecule has 18 heavy (non-hydrogen) atoms. The first-order valence-electron chi connectivity index (χ1n) is 6.93. The predicted octanol–water partition coefficient (Wildman–Crippen LogP) is 4.21. The van der Waals surface area contributed by atoms with Crippen molar-refractivity contribution >= 4 is 11.2 Å². The molecule has 0 aliphatic carbocycles. The van der Waals surface area contributed by atoms with Crippen LogP contribution in [0.1, 0.15) is 58.4 Å². The summed E-state index contributed by atoms with van der Waals surface area (Å²) in [4.78, 5) is 11.8. The van der Waals surface area contributed by atoms with Crippen molar-refractivity contribution < 1.29 is 0 Å². The average molecular weight is 245 g/mol. The number of rotatable bonds is 6. The van der Waals surface area contributed by atoms with Crippen LogP contribution in [0.25, 0.3) is 11.2 Å². The van der Waals surface area contributed by atoms with Crippen LogP contribution in [0.5, 0.6) is 0 Å². The molecule has 0 aliphatic heterocycles. The lowest BCUT2D eigenvalue weighted by molar-refractivity contribution is 0.448. The summed E-state index contributed by atoms with van der Waals surface area (Å²) >= 11 is 0. The molecule has 0 amide bonds. The fourth-order valence-electron chi connectivity index (χ4n) is 2.52. The van der Waals surface area contributed by atoms with E-state index < -0.39 is 0 Å². The van der Waals surface area contributed by atoms with Crippen molar-refractivity contribution in [2.75, 3.05) is 0 Å². The van der Waals surface area contributed by atoms with Gasteiger partial charge in [0.25, 0.3) is 0 Å². The Hall–Kier alpha value is -1.38. The maximum absolute atomic E-state index is 4.41. The molecule has 3 nitrogen and oxygen atoms in total. The largest absolute Gasteiger partial charge is 0.329 e. The van der Waals surface area contributed by atoms with E-state index in [0.717, 1.165) is 11.2 Å². The number of pyridine rings is 1. The van der Waals surface area contributed by atoms with Gasteiger partial charge in [-0.05, 0) is 23.5 Å². The van der Waals surface area contributed by atoms with Gasteiger partial charge in [-0.25, -0.2) is 9.97 Å². The summed E-state index contributed by atoms with van der Waals surface area (Å²) in [6.45, 7) is 6.87. The van der Waals surface area contributed by atoms with Crippen LogP contribution in [-0.4, -0.2) is 15.0 Å². The molecular weight excluding hydrogens is 222 g/mol. The number of hydrogen-bond donors (Lipinski definition) is 1. The molecule has 2 aromatic rings. The quantitative estimate of drug-likeness (QED) is 0.775. The van der Waals surface area contributed by atoms with Gasteiger partial charge in [0.15, 0.2) is 5.65 Å². The van der Waals surface area contributed by atoms with E-state index in [1.165, 1.54) is 37.7 Å². The Kier molecular flexibility index (Phi) is 4.00. The monoisotopic (exact) mass is 245 g/mol. The minimum absolute atomic E-state index is 0.171. The number of unbranched alkanes of at least 4 members (excludes halogenated alkanes) is 3. The van der Waals surface area contributed by atoms with E-state index in [-0.39, 0.29) is 5.41 Å². The minimum atomic E-state index is 0.171. The van der Waals surface area contributed by atoms with Crippen molar-refractivity contribution in [1.29, 1.82) is 0 Å². The van der Waals surface area contributed by atoms with Crippen LogP contribution in [0.2, 0.25) is 0 Å². The molecule has 0 saturated heterocycles. The van der Waals surface area contributed by atoms with Gasteiger partial charge < -0.3 is 4.98 Å². The summed E-state index contributed by atoms with van der Waals surface area (Å²) in [6.07, 6.45) is 10.1. The van der Waals surface area contributed by atoms with Crippen molar-refractivity contribution in [2.24, 2.45) is 0 Å². The van der Waals surface area contributed by atoms with E-state index in [0.29, 0.717) is 0 Å². The number of fused-ring (bicyclic) bond motifs is 1. The van der Waals surface area contributed by atoms with Crippen molar-refractivity contribution in [3.63, 3.8) is 0 Å². The molecule has 2 heterocycles. The van der Waals surface area contributed by atoms with Gasteiger partial charge >= 0.3 is 0 Å². The average Bonchev–Trinajstić information content (AvgIpc) is 2.82. The van der Waals surface area contributed by atoms with Gasteiger partial charge in [0, 0.05) is 6.20 Å². The van der Waals surface area contributed by atoms with Crippen LogP contribution in [0.15, 0.2) is 18.6 Å². The van der Waals surface area contributed by atoms with Gasteiger partial charge in [-0.15, -0.1) is 0 Å². The second kappa shape index (κ2) is 5.51. The van der Waals surface area contributed by atoms with E-state index in [4.69, 9.17) is 0 Å². The summed E-state index contributed by atoms with van der Waals surface area (Å²) in [7, 11) is 0. The van der Waals surface area contributed by atoms with Crippen molar-refractivity contribution in [3.8, 4) is 0 Å². The first-order chi connectivity index (χ1) is 8.65. The molecule has 0 fully saturated rings. The molecule has 98 valence electrons. The molecule has 0 atom stereocenters. The van der Waals surface area contributed by atoms with E-state index in [1.807, 2.05) is 6.20 Å². The van der Waals surface area contributed by atoms with Crippen LogP contribution in [0, 0.1) is 0 Å². The SMILES string of the molecule is CCCCCCC(C)(C)c1ccnc2[nH]cnc12. The lowest BCUT2D eigenvalue weighted by Gasteiger charge is -2.25. The molecule has 0 saturated carbocycles. The molecule has 1 N–H and O–H groups in total. The number of H-pyrrole nitrogens is 1. The van der Waals surface area contributed by atoms with Crippen molar-refractivity contribution in [2.45, 2.75) is 58.3 Å². The zero-order chi connectivity index (χ0) is 13.0. The fraction of sp³-hybridized carbons (Fsp3) is 0.600. The van der Waals surface area contributed by atoms with Gasteiger partial charge in [0.1, 0.15) is 5.52 Å². The van der Waals surface area contributed by atoms with Gasteiger partial charge in [-0.2, -0.15) is 0 Å². The Morgan fingerprint density at radius 3 is 2.78 bits per heavy atom. The van der Waals surface area contributed by atoms with Crippen molar-refractivity contribution in [3.05, 3.63) is 24.2 Å². The standard InChI is InChI=1S/C15H23N3/c1-4-5-6-7-9-15(2,3)12-8-10-16-14-13(12)17-11-18-14/h8,10-11H,4-7,9H2,1-3H3,(H,16,17,18). The summed E-state index contributed by atoms with van der Waals surface area (Å²) in [5.41, 5.74) is 3.40. The van der Waals surface area contributed by atoms with Crippen LogP contribution in [0.4, 0.5) is 0 Å². The number of imidazole rings is 1. The van der Waals surface area contributed by atoms with E-state index in [2.05, 4.69) is 41.8 Å². The van der Waals surface area contributed by atoms with Crippen LogP contribution in [0.3, 0.4) is 0 Å². The van der Waals surface area contributed by atoms with E-state index in [1.54, 1.807) is 6.33 Å². The molecule has 3 heteroatoms. The number of aromatic amines is 1. The third-order valence-corrected chi connectivity index (χ3v) is 3.70. The molecule has 2 rings (SSSR count). The molecule has 0 aromatic carbocycles. The van der Waals surface area contributed by atoms with Crippen molar-refractivity contribution in [1.82, 2.24) is 15.0 Å². The Morgan fingerprint density at radius 2 is 2.00 bits per heavy atom. The highest BCUT2D eigenvalue weighted by atomic mass is 14.9. The topological polar surface area (TPSA) is 41.6 Å². The number of hydrogen-bond acceptors (Lipinski definition) is 2. The Morgan fingerprint density at radius 1 is 1.17 bits per heavy atom. The van der Waals surface area contributed by atoms with Crippen LogP contribution >= 0.6 is 0 Å². The molecule has 0 aliphatic rings. The summed E-state index contributed by atoms with van der Waals surface area (Å²) < 4.78 is 0. The molecule has 2 aromatic heterocycles. The number of nitrogens with one attached hydrogen (secondary N) is 1. The fourth-order valence-corrected chi connectivity index (χ4v) is 2.52. The second-order valence-corrected chi connectivity index (χ2v) is 5.65. The molecular formula is C15H23N3. The van der Waals surface area contributed by atoms with E-state index in [9.17, 15) is 0 Å². The normalized spacial score (nSPS) is 12.2. The zero-order valence-electron chi connectivity index (χ0n) is 11.7. The first kappa shape index (κ1) is 13.1. The summed E-state index contributed by atoms with van der Waals surface area (Å²) in [6, 6.07) is 2.11. The highest BCUT2D eigenvalue weighted by Crippen LogP contribution is 2.32. The third kappa shape index (κ3) is 2.71. The van der Waals surface area contributed by atoms with E-state index >= 15 is 0 Å². The maximum atomic E-state index is 4.41. The van der Waals surface area contributed by atoms with Gasteiger partial charge in [0.05, 0.1) is 6.33 Å². The van der Waals surface area contributed by atoms with Crippen LogP contribution < -0.4 is 0 Å². The number of nitrogens with zero attached hydrogens (tertiary/aromatic N) is 2. The summed E-state index contributed by atoms with van der Waals surface area (Å²) in [5, 5.41) is 0. The lowest BCUT2D eigenvalue weighted by atomic mass is 9.80. The number of aromatic nitrogens is 3. The zero-order valence-corrected chi connectivity index (χ0v) is 11.7. The highest BCUT2D eigenvalue weighted by Gasteiger charge is 2.23.